The van der Waals surface area contributed by atoms with E-state index < -0.39 is 4.76 Å². The Bertz CT molecular complexity index is 78.1. The molecule has 48 valence electrons. The second-order valence-corrected chi connectivity index (χ2v) is 3.24. The molecule has 8 heavy (non-hydrogen) atoms. The highest BCUT2D eigenvalue weighted by Crippen LogP contribution is 2.10. The van der Waals surface area contributed by atoms with Crippen molar-refractivity contribution in [3.8, 4) is 0 Å². The summed E-state index contributed by atoms with van der Waals surface area (Å²) in [6.07, 6.45) is 0. The summed E-state index contributed by atoms with van der Waals surface area (Å²) in [5.41, 5.74) is 0. The maximum absolute atomic E-state index is 10.8. The Balaban J connectivity index is 2.33. The van der Waals surface area contributed by atoms with E-state index in [-0.39, 0.29) is 0 Å². The zero-order chi connectivity index (χ0) is 6.04. The molecule has 3 nitrogen and oxygen atoms in total. The third-order valence-electron chi connectivity index (χ3n) is 1.23. The first-order valence-corrected chi connectivity index (χ1v) is 3.81. The summed E-state index contributed by atoms with van der Waals surface area (Å²) < 4.78 is -0.521. The molecule has 2 N–H and O–H groups in total. The normalized spacial score (nSPS) is 27.8. The second kappa shape index (κ2) is 2.23. The van der Waals surface area contributed by atoms with Crippen LogP contribution in [0.25, 0.3) is 0 Å². The highest BCUT2D eigenvalue weighted by molar-refractivity contribution is 7.99. The molecule has 1 saturated heterocycles. The van der Waals surface area contributed by atoms with Crippen LogP contribution in [0.5, 0.6) is 0 Å². The molecule has 1 rings (SSSR count). The lowest BCUT2D eigenvalue weighted by Gasteiger charge is -2.39. The minimum Gasteiger partial charge on any atom is -0.612 e. The van der Waals surface area contributed by atoms with Gasteiger partial charge in [0.05, 0.1) is 0 Å². The van der Waals surface area contributed by atoms with E-state index in [1.807, 2.05) is 0 Å². The molecule has 0 aromatic carbocycles. The van der Waals surface area contributed by atoms with Gasteiger partial charge in [0.15, 0.2) is 0 Å². The smallest absolute Gasteiger partial charge is 0.105 e. The SMILES string of the molecule is N[N+]1([O-])CCSCC1. The van der Waals surface area contributed by atoms with Gasteiger partial charge in [0.1, 0.15) is 13.1 Å². The van der Waals surface area contributed by atoms with Gasteiger partial charge in [0.25, 0.3) is 0 Å². The van der Waals surface area contributed by atoms with Gasteiger partial charge in [-0.05, 0) is 0 Å². The summed E-state index contributed by atoms with van der Waals surface area (Å²) in [6.45, 7) is 1.15. The molecule has 0 aromatic heterocycles. The summed E-state index contributed by atoms with van der Waals surface area (Å²) in [5.74, 6) is 7.08. The third kappa shape index (κ3) is 1.63. The van der Waals surface area contributed by atoms with Crippen molar-refractivity contribution in [1.29, 1.82) is 0 Å². The number of quaternary nitrogens is 1. The molecule has 4 heteroatoms. The summed E-state index contributed by atoms with van der Waals surface area (Å²) in [4.78, 5) is 0. The van der Waals surface area contributed by atoms with E-state index in [1.165, 1.54) is 0 Å². The van der Waals surface area contributed by atoms with Crippen LogP contribution in [0.2, 0.25) is 0 Å². The fourth-order valence-corrected chi connectivity index (χ4v) is 1.73. The number of nitrogens with zero attached hydrogens (tertiary/aromatic N) is 1. The Hall–Kier alpha value is 0.230. The maximum atomic E-state index is 10.8. The Morgan fingerprint density at radius 2 is 1.88 bits per heavy atom. The fourth-order valence-electron chi connectivity index (χ4n) is 0.652. The molecule has 0 saturated carbocycles. The monoisotopic (exact) mass is 134 g/mol. The van der Waals surface area contributed by atoms with Crippen LogP contribution in [0.1, 0.15) is 0 Å². The van der Waals surface area contributed by atoms with Gasteiger partial charge >= 0.3 is 0 Å². The fraction of sp³-hybridized carbons (Fsp3) is 1.00. The van der Waals surface area contributed by atoms with Crippen molar-refractivity contribution in [2.45, 2.75) is 0 Å². The topological polar surface area (TPSA) is 49.1 Å². The maximum Gasteiger partial charge on any atom is 0.105 e. The number of thioether (sulfide) groups is 1. The molecule has 1 heterocycles. The van der Waals surface area contributed by atoms with Crippen molar-refractivity contribution in [3.05, 3.63) is 5.21 Å². The van der Waals surface area contributed by atoms with Crippen LogP contribution in [-0.2, 0) is 0 Å². The Labute approximate surface area is 53.0 Å². The number of hydroxylamine groups is 2. The number of rotatable bonds is 0. The van der Waals surface area contributed by atoms with Gasteiger partial charge in [0, 0.05) is 11.5 Å². The van der Waals surface area contributed by atoms with Gasteiger partial charge in [0.2, 0.25) is 0 Å². The van der Waals surface area contributed by atoms with Gasteiger partial charge in [-0.2, -0.15) is 17.6 Å². The van der Waals surface area contributed by atoms with Crippen molar-refractivity contribution in [2.75, 3.05) is 24.6 Å². The molecule has 0 aliphatic carbocycles. The molecule has 0 bridgehead atoms. The van der Waals surface area contributed by atoms with Gasteiger partial charge < -0.3 is 5.21 Å². The van der Waals surface area contributed by atoms with Crippen LogP contribution < -0.4 is 5.84 Å². The molecule has 0 atom stereocenters. The van der Waals surface area contributed by atoms with Crippen molar-refractivity contribution in [3.63, 3.8) is 0 Å². The van der Waals surface area contributed by atoms with Crippen molar-refractivity contribution >= 4 is 11.8 Å². The molecule has 0 amide bonds. The second-order valence-electron chi connectivity index (χ2n) is 2.01. The van der Waals surface area contributed by atoms with Crippen LogP contribution in [0.3, 0.4) is 0 Å². The first-order chi connectivity index (χ1) is 3.71. The standard InChI is InChI=1S/C4H10N2OS/c5-6(7)1-3-8-4-2-6/h1-5H2. The lowest BCUT2D eigenvalue weighted by atomic mass is 10.6. The minimum atomic E-state index is -0.521. The Kier molecular flexibility index (Phi) is 1.77. The molecule has 0 spiro atoms. The van der Waals surface area contributed by atoms with Gasteiger partial charge in [-0.3, -0.25) is 4.76 Å². The van der Waals surface area contributed by atoms with Gasteiger partial charge in [-0.25, -0.2) is 0 Å². The molecule has 0 aromatic rings. The predicted molar refractivity (Wildman–Crippen MR) is 34.9 cm³/mol. The molecule has 1 aliphatic heterocycles. The minimum absolute atomic E-state index is 0.521. The van der Waals surface area contributed by atoms with Crippen LogP contribution in [0.15, 0.2) is 0 Å². The van der Waals surface area contributed by atoms with E-state index in [0.29, 0.717) is 13.1 Å². The van der Waals surface area contributed by atoms with E-state index in [0.717, 1.165) is 11.5 Å². The molecule has 1 fully saturated rings. The summed E-state index contributed by atoms with van der Waals surface area (Å²) >= 11 is 1.80. The number of hydrogen-bond acceptors (Lipinski definition) is 3. The highest BCUT2D eigenvalue weighted by Gasteiger charge is 2.15. The number of nitrogens with two attached hydrogens (primary N) is 1. The summed E-state index contributed by atoms with van der Waals surface area (Å²) in [7, 11) is 0. The Morgan fingerprint density at radius 1 is 1.38 bits per heavy atom. The lowest BCUT2D eigenvalue weighted by Crippen LogP contribution is -2.53. The quantitative estimate of drug-likeness (QED) is 0.286. The highest BCUT2D eigenvalue weighted by atomic mass is 32.2. The molecular formula is C4H10N2OS. The van der Waals surface area contributed by atoms with Gasteiger partial charge in [-0.15, -0.1) is 0 Å². The first-order valence-electron chi connectivity index (χ1n) is 2.65. The van der Waals surface area contributed by atoms with Crippen LogP contribution in [0.4, 0.5) is 0 Å². The molecule has 1 aliphatic rings. The van der Waals surface area contributed by atoms with E-state index in [1.54, 1.807) is 11.8 Å². The lowest BCUT2D eigenvalue weighted by molar-refractivity contribution is -0.888. The van der Waals surface area contributed by atoms with Crippen LogP contribution in [0, 0.1) is 5.21 Å². The van der Waals surface area contributed by atoms with Crippen LogP contribution >= 0.6 is 11.8 Å². The van der Waals surface area contributed by atoms with Crippen molar-refractivity contribution in [1.82, 2.24) is 0 Å². The zero-order valence-electron chi connectivity index (χ0n) is 4.67. The van der Waals surface area contributed by atoms with Gasteiger partial charge in [-0.1, -0.05) is 0 Å². The van der Waals surface area contributed by atoms with Crippen molar-refractivity contribution in [2.24, 2.45) is 5.84 Å². The molecule has 0 unspecified atom stereocenters. The van der Waals surface area contributed by atoms with E-state index in [4.69, 9.17) is 5.84 Å². The average Bonchev–Trinajstić information content (AvgIpc) is 1.65. The Morgan fingerprint density at radius 3 is 2.12 bits per heavy atom. The van der Waals surface area contributed by atoms with E-state index in [2.05, 4.69) is 0 Å². The molecule has 0 radical (unpaired) electrons. The van der Waals surface area contributed by atoms with E-state index in [9.17, 15) is 5.21 Å². The zero-order valence-corrected chi connectivity index (χ0v) is 5.49. The third-order valence-corrected chi connectivity index (χ3v) is 2.17. The summed E-state index contributed by atoms with van der Waals surface area (Å²) in [5, 5.41) is 10.8. The average molecular weight is 134 g/mol. The predicted octanol–water partition coefficient (Wildman–Crippen LogP) is -0.0785. The first kappa shape index (κ1) is 6.35. The van der Waals surface area contributed by atoms with Crippen molar-refractivity contribution < 1.29 is 4.76 Å². The largest absolute Gasteiger partial charge is 0.612 e. The van der Waals surface area contributed by atoms with E-state index >= 15 is 0 Å². The number of hydrogen-bond donors (Lipinski definition) is 1. The van der Waals surface area contributed by atoms with Crippen LogP contribution in [-0.4, -0.2) is 29.4 Å². The summed E-state index contributed by atoms with van der Waals surface area (Å²) in [6, 6.07) is 0. The molecular weight excluding hydrogens is 124 g/mol.